The summed E-state index contributed by atoms with van der Waals surface area (Å²) in [6.45, 7) is 6.54. The van der Waals surface area contributed by atoms with E-state index in [2.05, 4.69) is 50.1 Å². The first kappa shape index (κ1) is 33.0. The van der Waals surface area contributed by atoms with Gasteiger partial charge in [0.1, 0.15) is 5.15 Å². The fraction of sp³-hybridized carbons (Fsp3) is 0.222. The number of anilines is 1. The van der Waals surface area contributed by atoms with Gasteiger partial charge in [0.25, 0.3) is 14.2 Å². The normalized spacial score (nSPS) is 13.6. The van der Waals surface area contributed by atoms with Crippen molar-refractivity contribution in [2.24, 2.45) is 0 Å². The fourth-order valence-electron chi connectivity index (χ4n) is 6.35. The first-order chi connectivity index (χ1) is 22.4. The largest absolute Gasteiger partial charge is 0.403 e. The highest BCUT2D eigenvalue weighted by atomic mass is 35.5. The SMILES string of the molecule is CC(C)(C)[Si](OCc1cc(Cl)c(F)c(N2CCc3c(nn(Cc4cccc(F)c4F)c3Cl)C2=O)c1)(c1ccccc1)c1ccccc1. The molecule has 5 aromatic rings. The van der Waals surface area contributed by atoms with Gasteiger partial charge in [0.05, 0.1) is 23.9 Å². The van der Waals surface area contributed by atoms with Crippen LogP contribution in [0.4, 0.5) is 18.9 Å². The number of halogens is 5. The van der Waals surface area contributed by atoms with Gasteiger partial charge in [-0.15, -0.1) is 0 Å². The first-order valence-corrected chi connectivity index (χ1v) is 17.8. The molecule has 11 heteroatoms. The Bertz CT molecular complexity index is 1910. The Morgan fingerprint density at radius 1 is 0.872 bits per heavy atom. The number of aromatic nitrogens is 2. The summed E-state index contributed by atoms with van der Waals surface area (Å²) in [6.07, 6.45) is 0.269. The summed E-state index contributed by atoms with van der Waals surface area (Å²) in [4.78, 5) is 15.1. The Labute approximate surface area is 282 Å². The highest BCUT2D eigenvalue weighted by Gasteiger charge is 2.50. The lowest BCUT2D eigenvalue weighted by Crippen LogP contribution is -2.66. The Morgan fingerprint density at radius 2 is 1.51 bits per heavy atom. The van der Waals surface area contributed by atoms with E-state index in [1.54, 1.807) is 6.07 Å². The molecular weight excluding hydrogens is 662 g/mol. The van der Waals surface area contributed by atoms with E-state index in [9.17, 15) is 13.6 Å². The minimum absolute atomic E-state index is 0.00366. The minimum atomic E-state index is -2.92. The predicted octanol–water partition coefficient (Wildman–Crippen LogP) is 7.94. The van der Waals surface area contributed by atoms with Crippen LogP contribution in [-0.4, -0.2) is 30.5 Å². The molecule has 0 atom stereocenters. The van der Waals surface area contributed by atoms with Crippen LogP contribution in [0.1, 0.15) is 48.0 Å². The summed E-state index contributed by atoms with van der Waals surface area (Å²) in [5, 5.41) is 6.24. The van der Waals surface area contributed by atoms with Crippen molar-refractivity contribution in [1.82, 2.24) is 9.78 Å². The smallest absolute Gasteiger partial charge is 0.279 e. The monoisotopic (exact) mass is 693 g/mol. The highest BCUT2D eigenvalue weighted by molar-refractivity contribution is 6.99. The summed E-state index contributed by atoms with van der Waals surface area (Å²) >= 11 is 13.0. The minimum Gasteiger partial charge on any atom is -0.403 e. The van der Waals surface area contributed by atoms with Gasteiger partial charge in [0.15, 0.2) is 23.1 Å². The van der Waals surface area contributed by atoms with E-state index >= 15 is 4.39 Å². The summed E-state index contributed by atoms with van der Waals surface area (Å²) in [7, 11) is -2.92. The maximum absolute atomic E-state index is 15.7. The van der Waals surface area contributed by atoms with Crippen LogP contribution in [0.2, 0.25) is 15.2 Å². The summed E-state index contributed by atoms with van der Waals surface area (Å²) in [6, 6.07) is 27.2. The van der Waals surface area contributed by atoms with Crippen molar-refractivity contribution in [1.29, 1.82) is 0 Å². The molecule has 5 nitrogen and oxygen atoms in total. The lowest BCUT2D eigenvalue weighted by atomic mass is 10.1. The van der Waals surface area contributed by atoms with Gasteiger partial charge in [-0.1, -0.05) is 117 Å². The molecule has 6 rings (SSSR count). The molecule has 0 saturated heterocycles. The van der Waals surface area contributed by atoms with Crippen LogP contribution in [0.15, 0.2) is 91.0 Å². The Morgan fingerprint density at radius 3 is 2.13 bits per heavy atom. The van der Waals surface area contributed by atoms with E-state index in [4.69, 9.17) is 27.6 Å². The van der Waals surface area contributed by atoms with Crippen molar-refractivity contribution in [2.45, 2.75) is 45.4 Å². The zero-order valence-electron chi connectivity index (χ0n) is 26.0. The molecule has 242 valence electrons. The van der Waals surface area contributed by atoms with Crippen molar-refractivity contribution in [3.8, 4) is 0 Å². The van der Waals surface area contributed by atoms with Crippen molar-refractivity contribution in [2.75, 3.05) is 11.4 Å². The number of rotatable bonds is 8. The fourth-order valence-corrected chi connectivity index (χ4v) is 11.4. The lowest BCUT2D eigenvalue weighted by Gasteiger charge is -2.43. The number of amides is 1. The molecule has 0 spiro atoms. The Kier molecular flexibility index (Phi) is 9.10. The number of benzene rings is 4. The molecule has 0 radical (unpaired) electrons. The third kappa shape index (κ3) is 6.02. The van der Waals surface area contributed by atoms with E-state index in [1.807, 2.05) is 36.4 Å². The average molecular weight is 695 g/mol. The lowest BCUT2D eigenvalue weighted by molar-refractivity contribution is 0.0974. The Balaban J connectivity index is 1.33. The van der Waals surface area contributed by atoms with Crippen molar-refractivity contribution < 1.29 is 22.4 Å². The van der Waals surface area contributed by atoms with Gasteiger partial charge in [0, 0.05) is 17.7 Å². The summed E-state index contributed by atoms with van der Waals surface area (Å²) in [5.74, 6) is -3.33. The van der Waals surface area contributed by atoms with Gasteiger partial charge < -0.3 is 9.33 Å². The molecule has 0 aliphatic carbocycles. The van der Waals surface area contributed by atoms with Crippen LogP contribution in [-0.2, 0) is 24.0 Å². The van der Waals surface area contributed by atoms with E-state index in [1.165, 1.54) is 27.8 Å². The summed E-state index contributed by atoms with van der Waals surface area (Å²) < 4.78 is 52.2. The molecule has 0 saturated carbocycles. The molecule has 1 aliphatic rings. The van der Waals surface area contributed by atoms with Crippen LogP contribution in [0.3, 0.4) is 0 Å². The average Bonchev–Trinajstić information content (AvgIpc) is 3.37. The molecule has 1 aliphatic heterocycles. The number of carbonyl (C=O) groups excluding carboxylic acids is 1. The van der Waals surface area contributed by atoms with Crippen molar-refractivity contribution in [3.63, 3.8) is 0 Å². The second-order valence-corrected chi connectivity index (χ2v) is 17.6. The molecule has 4 aromatic carbocycles. The standard InChI is InChI=1S/C36H32Cl2F3N3O2Si/c1-36(2,3)47(25-12-6-4-7-13-25,26-14-8-5-9-15-26)46-22-23-19-28(37)32(41)30(20-23)43-18-17-27-33(35(43)45)42-44(34(27)38)21-24-11-10-16-29(39)31(24)40/h4-16,19-20H,17-18,21-22H2,1-3H3. The number of fused-ring (bicyclic) bond motifs is 1. The highest BCUT2D eigenvalue weighted by Crippen LogP contribution is 2.39. The number of hydrogen-bond acceptors (Lipinski definition) is 3. The van der Waals surface area contributed by atoms with E-state index < -0.39 is 31.7 Å². The molecular formula is C36H32Cl2F3N3O2Si. The molecule has 0 fully saturated rings. The van der Waals surface area contributed by atoms with E-state index in [0.29, 0.717) is 11.1 Å². The second-order valence-electron chi connectivity index (χ2n) is 12.6. The zero-order valence-corrected chi connectivity index (χ0v) is 28.5. The molecule has 0 bridgehead atoms. The number of nitrogens with zero attached hydrogens (tertiary/aromatic N) is 3. The van der Waals surface area contributed by atoms with Crippen molar-refractivity contribution in [3.05, 3.63) is 141 Å². The van der Waals surface area contributed by atoms with Crippen LogP contribution in [0.25, 0.3) is 0 Å². The molecule has 47 heavy (non-hydrogen) atoms. The van der Waals surface area contributed by atoms with Gasteiger partial charge in [-0.25, -0.2) is 17.9 Å². The van der Waals surface area contributed by atoms with Gasteiger partial charge >= 0.3 is 0 Å². The Hall–Kier alpha value is -3.89. The molecule has 2 heterocycles. The van der Waals surface area contributed by atoms with E-state index in [-0.39, 0.29) is 58.3 Å². The molecule has 0 unspecified atom stereocenters. The maximum atomic E-state index is 15.7. The summed E-state index contributed by atoms with van der Waals surface area (Å²) in [5.41, 5.74) is 1.10. The van der Waals surface area contributed by atoms with Gasteiger partial charge in [-0.3, -0.25) is 4.79 Å². The van der Waals surface area contributed by atoms with Gasteiger partial charge in [-0.2, -0.15) is 5.10 Å². The molecule has 1 aromatic heterocycles. The quantitative estimate of drug-likeness (QED) is 0.155. The second kappa shape index (κ2) is 13.0. The zero-order chi connectivity index (χ0) is 33.5. The molecule has 0 N–H and O–H groups in total. The van der Waals surface area contributed by atoms with Crippen LogP contribution in [0.5, 0.6) is 0 Å². The van der Waals surface area contributed by atoms with Crippen LogP contribution < -0.4 is 15.3 Å². The van der Waals surface area contributed by atoms with Crippen LogP contribution >= 0.6 is 23.2 Å². The van der Waals surface area contributed by atoms with Crippen LogP contribution in [0, 0.1) is 17.5 Å². The maximum Gasteiger partial charge on any atom is 0.279 e. The van der Waals surface area contributed by atoms with Gasteiger partial charge in [0.2, 0.25) is 0 Å². The number of hydrogen-bond donors (Lipinski definition) is 0. The topological polar surface area (TPSA) is 47.4 Å². The van der Waals surface area contributed by atoms with E-state index in [0.717, 1.165) is 16.4 Å². The third-order valence-electron chi connectivity index (χ3n) is 8.60. The third-order valence-corrected chi connectivity index (χ3v) is 14.3. The van der Waals surface area contributed by atoms with Crippen molar-refractivity contribution >= 4 is 53.5 Å². The molecule has 1 amide bonds. The first-order valence-electron chi connectivity index (χ1n) is 15.1. The predicted molar refractivity (Wildman–Crippen MR) is 182 cm³/mol. The number of carbonyl (C=O) groups is 1. The van der Waals surface area contributed by atoms with Gasteiger partial charge in [-0.05, 0) is 45.6 Å².